The normalized spacial score (nSPS) is 12.6. The van der Waals surface area contributed by atoms with Gasteiger partial charge in [0.1, 0.15) is 20.4 Å². The van der Waals surface area contributed by atoms with Crippen LogP contribution < -0.4 is 8.37 Å². The van der Waals surface area contributed by atoms with E-state index in [1.54, 1.807) is 129 Å². The Hall–Kier alpha value is -4.92. The fourth-order valence-electron chi connectivity index (χ4n) is 5.09. The van der Waals surface area contributed by atoms with Gasteiger partial charge in [-0.1, -0.05) is 90.0 Å². The summed E-state index contributed by atoms with van der Waals surface area (Å²) in [6, 6.07) is 41.1. The fourth-order valence-corrected chi connectivity index (χ4v) is 12.4. The van der Waals surface area contributed by atoms with E-state index in [0.29, 0.717) is 14.7 Å². The molecule has 0 N–H and O–H groups in total. The lowest BCUT2D eigenvalue weighted by atomic mass is 10.2. The number of hydrogen-bond donors (Lipinski definition) is 0. The van der Waals surface area contributed by atoms with Crippen LogP contribution in [0.3, 0.4) is 0 Å². The molecule has 51 heavy (non-hydrogen) atoms. The second-order valence-corrected chi connectivity index (χ2v) is 18.8. The Morgan fingerprint density at radius 1 is 0.392 bits per heavy atom. The van der Waals surface area contributed by atoms with Gasteiger partial charge in [-0.15, -0.1) is 0 Å². The zero-order valence-electron chi connectivity index (χ0n) is 27.3. The highest BCUT2D eigenvalue weighted by Gasteiger charge is 2.40. The van der Waals surface area contributed by atoms with E-state index in [1.165, 1.54) is 24.3 Å². The molecule has 0 saturated heterocycles. The highest BCUT2D eigenvalue weighted by atomic mass is 32.3. The maximum Gasteiger partial charge on any atom is 0.339 e. The van der Waals surface area contributed by atoms with Gasteiger partial charge in [0.2, 0.25) is 0 Å². The number of benzene rings is 6. The van der Waals surface area contributed by atoms with Gasteiger partial charge in [-0.05, 0) is 97.0 Å². The molecule has 6 rings (SSSR count). The molecule has 262 valence electrons. The van der Waals surface area contributed by atoms with E-state index in [2.05, 4.69) is 0 Å². The molecule has 13 heteroatoms. The van der Waals surface area contributed by atoms with Crippen molar-refractivity contribution in [3.63, 3.8) is 0 Å². The maximum atomic E-state index is 14.8. The lowest BCUT2D eigenvalue weighted by Gasteiger charge is -2.39. The minimum absolute atomic E-state index is 0.170. The summed E-state index contributed by atoms with van der Waals surface area (Å²) >= 11 is 0. The Kier molecular flexibility index (Phi) is 10.1. The number of rotatable bonds is 12. The zero-order valence-corrected chi connectivity index (χ0v) is 30.6. The molecule has 0 amide bonds. The molecular formula is C38H32O9S4. The summed E-state index contributed by atoms with van der Waals surface area (Å²) < 4.78 is 100. The first kappa shape index (κ1) is 35.9. The van der Waals surface area contributed by atoms with Crippen molar-refractivity contribution in [2.24, 2.45) is 0 Å². The van der Waals surface area contributed by atoms with E-state index in [1.807, 2.05) is 0 Å². The molecule has 0 radical (unpaired) electrons. The van der Waals surface area contributed by atoms with Crippen LogP contribution in [0.15, 0.2) is 187 Å². The van der Waals surface area contributed by atoms with Gasteiger partial charge in [0.25, 0.3) is 0 Å². The summed E-state index contributed by atoms with van der Waals surface area (Å²) in [5.41, 5.74) is 1.61. The van der Waals surface area contributed by atoms with Crippen LogP contribution in [-0.2, 0) is 34.0 Å². The summed E-state index contributed by atoms with van der Waals surface area (Å²) in [7, 11) is -17.2. The molecule has 0 heterocycles. The van der Waals surface area contributed by atoms with Crippen molar-refractivity contribution in [2.75, 3.05) is 0 Å². The van der Waals surface area contributed by atoms with Gasteiger partial charge in [-0.25, -0.2) is 3.63 Å². The molecule has 9 nitrogen and oxygen atoms in total. The molecular weight excluding hydrogens is 729 g/mol. The van der Waals surface area contributed by atoms with Gasteiger partial charge >= 0.3 is 30.4 Å². The third kappa shape index (κ3) is 7.72. The quantitative estimate of drug-likeness (QED) is 0.113. The molecule has 0 bridgehead atoms. The van der Waals surface area contributed by atoms with Gasteiger partial charge in [0.15, 0.2) is 5.75 Å². The van der Waals surface area contributed by atoms with Crippen molar-refractivity contribution in [2.45, 2.75) is 43.2 Å². The second kappa shape index (κ2) is 14.4. The maximum absolute atomic E-state index is 14.8. The Morgan fingerprint density at radius 3 is 1.20 bits per heavy atom. The van der Waals surface area contributed by atoms with Crippen LogP contribution in [0.1, 0.15) is 11.1 Å². The Labute approximate surface area is 300 Å². The smallest absolute Gasteiger partial charge is 0.339 e. The zero-order chi connectivity index (χ0) is 36.3. The first-order chi connectivity index (χ1) is 24.3. The molecule has 0 fully saturated rings. The SMILES string of the molecule is Cc1ccc(S(=O)(=O)Oc2ccc(OS(=O)(=O)c3ccc(C)cc3)c(S(=O)(=O)OS(c3ccccc3)(c3ccccc3)c3ccccc3)c2)cc1. The molecule has 6 aromatic rings. The molecule has 6 aromatic carbocycles. The van der Waals surface area contributed by atoms with Crippen LogP contribution >= 0.6 is 10.3 Å². The summed E-state index contributed by atoms with van der Waals surface area (Å²) in [6.07, 6.45) is 0. The molecule has 0 aliphatic rings. The monoisotopic (exact) mass is 760 g/mol. The topological polar surface area (TPSA) is 130 Å². The average molecular weight is 761 g/mol. The van der Waals surface area contributed by atoms with Crippen molar-refractivity contribution in [1.29, 1.82) is 0 Å². The third-order valence-electron chi connectivity index (χ3n) is 7.63. The molecule has 0 aliphatic carbocycles. The lowest BCUT2D eigenvalue weighted by Crippen LogP contribution is -2.17. The summed E-state index contributed by atoms with van der Waals surface area (Å²) in [5.74, 6) is -1.05. The van der Waals surface area contributed by atoms with Crippen LogP contribution in [0.4, 0.5) is 0 Å². The van der Waals surface area contributed by atoms with Crippen LogP contribution in [0.25, 0.3) is 0 Å². The van der Waals surface area contributed by atoms with Gasteiger partial charge in [0.05, 0.1) is 0 Å². The van der Waals surface area contributed by atoms with Gasteiger partial charge in [-0.3, -0.25) is 0 Å². The Morgan fingerprint density at radius 2 is 0.784 bits per heavy atom. The second-order valence-electron chi connectivity index (χ2n) is 11.3. The van der Waals surface area contributed by atoms with Crippen LogP contribution in [0.2, 0.25) is 0 Å². The van der Waals surface area contributed by atoms with Crippen LogP contribution in [-0.4, -0.2) is 25.3 Å². The molecule has 0 aromatic heterocycles. The van der Waals surface area contributed by atoms with Gasteiger partial charge in [-0.2, -0.15) is 25.3 Å². The minimum Gasteiger partial charge on any atom is -0.379 e. The van der Waals surface area contributed by atoms with Crippen LogP contribution in [0, 0.1) is 13.8 Å². The molecule has 0 unspecified atom stereocenters. The van der Waals surface area contributed by atoms with E-state index in [9.17, 15) is 25.3 Å². The Balaban J connectivity index is 1.54. The highest BCUT2D eigenvalue weighted by molar-refractivity contribution is 8.33. The molecule has 0 atom stereocenters. The summed E-state index contributed by atoms with van der Waals surface area (Å²) in [6.45, 7) is 3.57. The highest BCUT2D eigenvalue weighted by Crippen LogP contribution is 2.70. The van der Waals surface area contributed by atoms with Crippen molar-refractivity contribution in [1.82, 2.24) is 0 Å². The van der Waals surface area contributed by atoms with Crippen molar-refractivity contribution >= 4 is 40.7 Å². The van der Waals surface area contributed by atoms with E-state index in [0.717, 1.165) is 29.3 Å². The van der Waals surface area contributed by atoms with E-state index >= 15 is 0 Å². The molecule has 0 spiro atoms. The fraction of sp³-hybridized carbons (Fsp3) is 0.0526. The predicted molar refractivity (Wildman–Crippen MR) is 194 cm³/mol. The van der Waals surface area contributed by atoms with Gasteiger partial charge in [0, 0.05) is 20.8 Å². The van der Waals surface area contributed by atoms with E-state index in [-0.39, 0.29) is 9.79 Å². The van der Waals surface area contributed by atoms with Crippen molar-refractivity contribution < 1.29 is 37.2 Å². The largest absolute Gasteiger partial charge is 0.379 e. The first-order valence-corrected chi connectivity index (χ1v) is 21.2. The van der Waals surface area contributed by atoms with E-state index in [4.69, 9.17) is 12.0 Å². The first-order valence-electron chi connectivity index (χ1n) is 15.4. The lowest BCUT2D eigenvalue weighted by molar-refractivity contribution is 0.464. The number of aryl methyl sites for hydroxylation is 2. The number of hydrogen-bond acceptors (Lipinski definition) is 9. The van der Waals surface area contributed by atoms with Crippen molar-refractivity contribution in [3.05, 3.63) is 169 Å². The third-order valence-corrected chi connectivity index (χ3v) is 15.3. The van der Waals surface area contributed by atoms with Crippen molar-refractivity contribution in [3.8, 4) is 11.5 Å². The molecule has 0 saturated carbocycles. The predicted octanol–water partition coefficient (Wildman–Crippen LogP) is 8.44. The molecule has 0 aliphatic heterocycles. The van der Waals surface area contributed by atoms with Gasteiger partial charge < -0.3 is 8.37 Å². The standard InChI is InChI=1S/C38H32O9S4/c1-29-18-23-35(24-19-29)49(39,40)45-31-22-27-37(46-50(41,42)36-25-20-30(2)21-26-36)38(28-31)51(43,44)47-48(32-12-6-3-7-13-32,33-14-8-4-9-15-33)34-16-10-5-11-17-34/h3-28H,1-2H3. The Bertz CT molecular complexity index is 2380. The average Bonchev–Trinajstić information content (AvgIpc) is 3.12. The van der Waals surface area contributed by atoms with Crippen LogP contribution in [0.5, 0.6) is 11.5 Å². The van der Waals surface area contributed by atoms with E-state index < -0.39 is 57.1 Å². The summed E-state index contributed by atoms with van der Waals surface area (Å²) in [5, 5.41) is 0. The summed E-state index contributed by atoms with van der Waals surface area (Å²) in [4.78, 5) is 0.406. The minimum atomic E-state index is -5.03.